The Kier molecular flexibility index (Phi) is 5.63. The molecule has 0 aliphatic heterocycles. The molecule has 134 valence electrons. The Morgan fingerprint density at radius 1 is 1.12 bits per heavy atom. The fourth-order valence-electron chi connectivity index (χ4n) is 2.65. The zero-order valence-corrected chi connectivity index (χ0v) is 15.1. The van der Waals surface area contributed by atoms with E-state index in [1.165, 1.54) is 17.4 Å². The smallest absolute Gasteiger partial charge is 0.349 e. The summed E-state index contributed by atoms with van der Waals surface area (Å²) >= 11 is 1.35. The number of aryl methyl sites for hydroxylation is 1. The molecule has 0 saturated carbocycles. The highest BCUT2D eigenvalue weighted by atomic mass is 32.1. The molecular weight excluding hydrogens is 353 g/mol. The zero-order valence-electron chi connectivity index (χ0n) is 14.3. The molecule has 1 N–H and O–H groups in total. The van der Waals surface area contributed by atoms with E-state index in [1.54, 1.807) is 18.2 Å². The summed E-state index contributed by atoms with van der Waals surface area (Å²) < 4.78 is 19.6. The van der Waals surface area contributed by atoms with Crippen LogP contribution in [0.15, 0.2) is 48.5 Å². The van der Waals surface area contributed by atoms with Crippen molar-refractivity contribution >= 4 is 33.3 Å². The lowest BCUT2D eigenvalue weighted by molar-refractivity contribution is -0.124. The third-order valence-corrected chi connectivity index (χ3v) is 5.29. The second-order valence-corrected chi connectivity index (χ2v) is 6.87. The first-order valence-corrected chi connectivity index (χ1v) is 9.03. The molecule has 6 heteroatoms. The molecule has 0 unspecified atom stereocenters. The van der Waals surface area contributed by atoms with E-state index in [9.17, 15) is 14.0 Å². The Labute approximate surface area is 154 Å². The van der Waals surface area contributed by atoms with Gasteiger partial charge in [-0.2, -0.15) is 0 Å². The standard InChI is InChI=1S/C20H18FNO3S/c1-13-15-7-3-5-9-17(15)26-19(13)20(24)25-12-18(23)22-11-10-14-6-2-4-8-16(14)21/h2-9H,10-12H2,1H3,(H,22,23). The van der Waals surface area contributed by atoms with Gasteiger partial charge in [-0.3, -0.25) is 4.79 Å². The summed E-state index contributed by atoms with van der Waals surface area (Å²) in [5.74, 6) is -1.21. The lowest BCUT2D eigenvalue weighted by Gasteiger charge is -2.07. The minimum absolute atomic E-state index is 0.277. The maximum absolute atomic E-state index is 13.5. The SMILES string of the molecule is Cc1c(C(=O)OCC(=O)NCCc2ccccc2F)sc2ccccc12. The van der Waals surface area contributed by atoms with E-state index in [2.05, 4.69) is 5.32 Å². The number of rotatable bonds is 6. The predicted molar refractivity (Wildman–Crippen MR) is 100.0 cm³/mol. The Morgan fingerprint density at radius 3 is 2.62 bits per heavy atom. The average Bonchev–Trinajstić information content (AvgIpc) is 2.98. The molecule has 0 aliphatic carbocycles. The first kappa shape index (κ1) is 18.1. The average molecular weight is 371 g/mol. The van der Waals surface area contributed by atoms with Gasteiger partial charge in [0.2, 0.25) is 0 Å². The monoisotopic (exact) mass is 371 g/mol. The Bertz CT molecular complexity index is 951. The van der Waals surface area contributed by atoms with Gasteiger partial charge in [0.25, 0.3) is 5.91 Å². The van der Waals surface area contributed by atoms with Crippen molar-refractivity contribution < 1.29 is 18.7 Å². The summed E-state index contributed by atoms with van der Waals surface area (Å²) in [4.78, 5) is 24.6. The van der Waals surface area contributed by atoms with Crippen molar-refractivity contribution in [2.24, 2.45) is 0 Å². The molecule has 0 spiro atoms. The largest absolute Gasteiger partial charge is 0.451 e. The minimum atomic E-state index is -0.507. The summed E-state index contributed by atoms with van der Waals surface area (Å²) in [6.07, 6.45) is 0.377. The van der Waals surface area contributed by atoms with Crippen molar-refractivity contribution in [3.05, 3.63) is 70.4 Å². The Morgan fingerprint density at radius 2 is 1.85 bits per heavy atom. The third kappa shape index (κ3) is 4.08. The lowest BCUT2D eigenvalue weighted by atomic mass is 10.1. The van der Waals surface area contributed by atoms with E-state index in [4.69, 9.17) is 4.74 Å². The highest BCUT2D eigenvalue weighted by molar-refractivity contribution is 7.21. The van der Waals surface area contributed by atoms with Gasteiger partial charge in [-0.25, -0.2) is 9.18 Å². The van der Waals surface area contributed by atoms with Crippen molar-refractivity contribution in [1.29, 1.82) is 0 Å². The second kappa shape index (κ2) is 8.10. The number of carbonyl (C=O) groups excluding carboxylic acids is 2. The number of thiophene rings is 1. The maximum atomic E-state index is 13.5. The Balaban J connectivity index is 1.50. The van der Waals surface area contributed by atoms with Crippen LogP contribution in [0.5, 0.6) is 0 Å². The number of esters is 1. The van der Waals surface area contributed by atoms with E-state index in [0.717, 1.165) is 15.6 Å². The number of hydrogen-bond donors (Lipinski definition) is 1. The number of nitrogens with one attached hydrogen (secondary N) is 1. The molecule has 0 fully saturated rings. The highest BCUT2D eigenvalue weighted by Crippen LogP contribution is 2.30. The van der Waals surface area contributed by atoms with Crippen molar-refractivity contribution in [2.75, 3.05) is 13.2 Å². The fraction of sp³-hybridized carbons (Fsp3) is 0.200. The third-order valence-electron chi connectivity index (χ3n) is 4.04. The number of halogens is 1. The summed E-state index contributed by atoms with van der Waals surface area (Å²) in [5.41, 5.74) is 1.39. The van der Waals surface area contributed by atoms with E-state index in [0.29, 0.717) is 16.9 Å². The summed E-state index contributed by atoms with van der Waals surface area (Å²) in [5, 5.41) is 3.64. The van der Waals surface area contributed by atoms with Gasteiger partial charge in [0.1, 0.15) is 10.7 Å². The van der Waals surface area contributed by atoms with Gasteiger partial charge in [-0.05, 0) is 42.0 Å². The molecule has 4 nitrogen and oxygen atoms in total. The zero-order chi connectivity index (χ0) is 18.5. The highest BCUT2D eigenvalue weighted by Gasteiger charge is 2.17. The van der Waals surface area contributed by atoms with Crippen molar-refractivity contribution in [1.82, 2.24) is 5.32 Å². The molecule has 2 aromatic carbocycles. The molecule has 0 radical (unpaired) electrons. The van der Waals surface area contributed by atoms with Gasteiger partial charge >= 0.3 is 5.97 Å². The van der Waals surface area contributed by atoms with Crippen LogP contribution in [0.4, 0.5) is 4.39 Å². The molecule has 3 rings (SSSR count). The summed E-state index contributed by atoms with van der Waals surface area (Å²) in [6.45, 7) is 1.78. The van der Waals surface area contributed by atoms with Crippen LogP contribution in [0.3, 0.4) is 0 Å². The number of carbonyl (C=O) groups is 2. The molecule has 26 heavy (non-hydrogen) atoms. The molecule has 0 saturated heterocycles. The van der Waals surface area contributed by atoms with E-state index in [-0.39, 0.29) is 19.0 Å². The molecule has 1 amide bonds. The minimum Gasteiger partial charge on any atom is -0.451 e. The van der Waals surface area contributed by atoms with Crippen LogP contribution in [0.25, 0.3) is 10.1 Å². The molecule has 0 atom stereocenters. The first-order valence-electron chi connectivity index (χ1n) is 8.21. The lowest BCUT2D eigenvalue weighted by Crippen LogP contribution is -2.30. The van der Waals surface area contributed by atoms with Crippen LogP contribution in [0.2, 0.25) is 0 Å². The molecule has 0 bridgehead atoms. The molecule has 1 heterocycles. The van der Waals surface area contributed by atoms with E-state index in [1.807, 2.05) is 31.2 Å². The van der Waals surface area contributed by atoms with Gasteiger partial charge in [-0.15, -0.1) is 11.3 Å². The van der Waals surface area contributed by atoms with Gasteiger partial charge in [0, 0.05) is 11.2 Å². The van der Waals surface area contributed by atoms with Gasteiger partial charge in [-0.1, -0.05) is 36.4 Å². The van der Waals surface area contributed by atoms with Crippen LogP contribution >= 0.6 is 11.3 Å². The molecule has 0 aliphatic rings. The molecule has 3 aromatic rings. The number of fused-ring (bicyclic) bond motifs is 1. The summed E-state index contributed by atoms with van der Waals surface area (Å²) in [7, 11) is 0. The van der Waals surface area contributed by atoms with E-state index < -0.39 is 11.9 Å². The van der Waals surface area contributed by atoms with Crippen LogP contribution in [-0.2, 0) is 16.0 Å². The van der Waals surface area contributed by atoms with Crippen LogP contribution in [-0.4, -0.2) is 25.0 Å². The van der Waals surface area contributed by atoms with Crippen LogP contribution in [0, 0.1) is 12.7 Å². The van der Waals surface area contributed by atoms with Crippen molar-refractivity contribution in [3.8, 4) is 0 Å². The Hall–Kier alpha value is -2.73. The number of ether oxygens (including phenoxy) is 1. The quantitative estimate of drug-likeness (QED) is 0.670. The van der Waals surface area contributed by atoms with Crippen LogP contribution < -0.4 is 5.32 Å². The predicted octanol–water partition coefficient (Wildman–Crippen LogP) is 3.86. The number of hydrogen-bond acceptors (Lipinski definition) is 4. The first-order chi connectivity index (χ1) is 12.6. The van der Waals surface area contributed by atoms with Crippen molar-refractivity contribution in [3.63, 3.8) is 0 Å². The van der Waals surface area contributed by atoms with Gasteiger partial charge < -0.3 is 10.1 Å². The number of benzene rings is 2. The molecule has 1 aromatic heterocycles. The fourth-order valence-corrected chi connectivity index (χ4v) is 3.76. The van der Waals surface area contributed by atoms with Crippen molar-refractivity contribution in [2.45, 2.75) is 13.3 Å². The number of amides is 1. The van der Waals surface area contributed by atoms with Gasteiger partial charge in [0.15, 0.2) is 6.61 Å². The molecular formula is C20H18FNO3S. The van der Waals surface area contributed by atoms with Crippen LogP contribution in [0.1, 0.15) is 20.8 Å². The van der Waals surface area contributed by atoms with Gasteiger partial charge in [0.05, 0.1) is 0 Å². The topological polar surface area (TPSA) is 55.4 Å². The maximum Gasteiger partial charge on any atom is 0.349 e. The van der Waals surface area contributed by atoms with E-state index >= 15 is 0 Å². The second-order valence-electron chi connectivity index (χ2n) is 5.82. The normalized spacial score (nSPS) is 10.7. The summed E-state index contributed by atoms with van der Waals surface area (Å²) in [6, 6.07) is 14.1.